The van der Waals surface area contributed by atoms with Gasteiger partial charge in [0.25, 0.3) is 5.52 Å². The molecule has 39 heavy (non-hydrogen) atoms. The lowest BCUT2D eigenvalue weighted by Crippen LogP contribution is -2.56. The molecule has 0 saturated carbocycles. The van der Waals surface area contributed by atoms with Crippen LogP contribution in [0.5, 0.6) is 5.75 Å². The molecule has 0 aliphatic carbocycles. The fourth-order valence-corrected chi connectivity index (χ4v) is 5.74. The highest BCUT2D eigenvalue weighted by Crippen LogP contribution is 2.44. The summed E-state index contributed by atoms with van der Waals surface area (Å²) in [5.41, 5.74) is 6.85. The Hall–Kier alpha value is -4.83. The number of nitrogens with zero attached hydrogens (tertiary/aromatic N) is 2. The van der Waals surface area contributed by atoms with E-state index in [-0.39, 0.29) is 6.10 Å². The summed E-state index contributed by atoms with van der Waals surface area (Å²) < 4.78 is 15.6. The quantitative estimate of drug-likeness (QED) is 0.223. The molecule has 0 bridgehead atoms. The lowest BCUT2D eigenvalue weighted by molar-refractivity contribution is -0.736. The minimum atomic E-state index is -0.443. The lowest BCUT2D eigenvalue weighted by Gasteiger charge is -2.29. The Kier molecular flexibility index (Phi) is 5.48. The van der Waals surface area contributed by atoms with Gasteiger partial charge in [0.1, 0.15) is 11.3 Å². The summed E-state index contributed by atoms with van der Waals surface area (Å²) in [6.07, 6.45) is -0.248. The van der Waals surface area contributed by atoms with Crippen LogP contribution in [-0.4, -0.2) is 0 Å². The van der Waals surface area contributed by atoms with Gasteiger partial charge in [0.15, 0.2) is 6.10 Å². The number of hydrogen-bond donors (Lipinski definition) is 0. The minimum absolute atomic E-state index is 0.248. The van der Waals surface area contributed by atoms with Crippen molar-refractivity contribution < 1.29 is 13.7 Å². The molecule has 4 heteroatoms. The lowest BCUT2D eigenvalue weighted by atomic mass is 9.90. The van der Waals surface area contributed by atoms with E-state index in [0.717, 1.165) is 50.9 Å². The summed E-state index contributed by atoms with van der Waals surface area (Å²) in [6, 6.07) is 46.1. The van der Waals surface area contributed by atoms with E-state index in [0.29, 0.717) is 0 Å². The van der Waals surface area contributed by atoms with Crippen molar-refractivity contribution in [2.24, 2.45) is 0 Å². The zero-order valence-electron chi connectivity index (χ0n) is 22.0. The van der Waals surface area contributed by atoms with Crippen LogP contribution in [0.4, 0.5) is 17.1 Å². The molecular weight excluding hydrogens is 480 g/mol. The first-order valence-corrected chi connectivity index (χ1v) is 13.3. The van der Waals surface area contributed by atoms with Crippen molar-refractivity contribution in [2.45, 2.75) is 25.5 Å². The van der Waals surface area contributed by atoms with Crippen LogP contribution >= 0.6 is 0 Å². The van der Waals surface area contributed by atoms with E-state index >= 15 is 0 Å². The Balaban J connectivity index is 1.35. The first-order valence-electron chi connectivity index (χ1n) is 13.3. The molecule has 1 atom stereocenters. The van der Waals surface area contributed by atoms with Gasteiger partial charge in [-0.05, 0) is 60.2 Å². The Labute approximate surface area is 228 Å². The van der Waals surface area contributed by atoms with E-state index in [9.17, 15) is 0 Å². The highest BCUT2D eigenvalue weighted by molar-refractivity contribution is 5.77. The summed E-state index contributed by atoms with van der Waals surface area (Å²) in [7, 11) is 0. The Bertz CT molecular complexity index is 1720. The van der Waals surface area contributed by atoms with Crippen LogP contribution in [0.25, 0.3) is 22.6 Å². The number of ether oxygens (including phenoxy) is 1. The fourth-order valence-electron chi connectivity index (χ4n) is 5.74. The molecule has 1 aliphatic rings. The molecule has 0 amide bonds. The van der Waals surface area contributed by atoms with E-state index in [1.807, 2.05) is 42.5 Å². The average Bonchev–Trinajstić information content (AvgIpc) is 3.34. The zero-order chi connectivity index (χ0) is 26.4. The van der Waals surface area contributed by atoms with Gasteiger partial charge in [-0.2, -0.15) is 0 Å². The highest BCUT2D eigenvalue weighted by atomic mass is 16.5. The molecule has 7 rings (SSSR count). The van der Waals surface area contributed by atoms with Crippen molar-refractivity contribution in [2.75, 3.05) is 4.90 Å². The van der Waals surface area contributed by atoms with Crippen molar-refractivity contribution in [3.05, 3.63) is 139 Å². The van der Waals surface area contributed by atoms with E-state index in [1.54, 1.807) is 0 Å². The molecule has 1 aromatic heterocycles. The van der Waals surface area contributed by atoms with Crippen LogP contribution in [0.2, 0.25) is 0 Å². The summed E-state index contributed by atoms with van der Waals surface area (Å²) in [4.78, 5) is 2.27. The number of para-hydroxylation sites is 5. The summed E-state index contributed by atoms with van der Waals surface area (Å²) in [5, 5.41) is 0. The molecule has 0 radical (unpaired) electrons. The molecule has 0 N–H and O–H groups in total. The van der Waals surface area contributed by atoms with Crippen LogP contribution in [-0.2, 0) is 5.54 Å². The molecule has 4 nitrogen and oxygen atoms in total. The number of anilines is 3. The van der Waals surface area contributed by atoms with E-state index in [4.69, 9.17) is 9.15 Å². The zero-order valence-corrected chi connectivity index (χ0v) is 22.0. The predicted molar refractivity (Wildman–Crippen MR) is 156 cm³/mol. The number of benzene rings is 5. The van der Waals surface area contributed by atoms with Gasteiger partial charge >= 0.3 is 5.89 Å². The van der Waals surface area contributed by atoms with Gasteiger partial charge < -0.3 is 14.1 Å². The highest BCUT2D eigenvalue weighted by Gasteiger charge is 2.49. The van der Waals surface area contributed by atoms with Crippen LogP contribution < -0.4 is 14.2 Å². The van der Waals surface area contributed by atoms with Crippen molar-refractivity contribution in [3.8, 4) is 17.2 Å². The summed E-state index contributed by atoms with van der Waals surface area (Å²) in [5.74, 6) is 1.63. The van der Waals surface area contributed by atoms with Crippen molar-refractivity contribution in [1.82, 2.24) is 0 Å². The second-order valence-electron chi connectivity index (χ2n) is 10.5. The summed E-state index contributed by atoms with van der Waals surface area (Å²) >= 11 is 0. The monoisotopic (exact) mass is 509 g/mol. The third kappa shape index (κ3) is 3.88. The number of fused-ring (bicyclic) bond motifs is 5. The van der Waals surface area contributed by atoms with Crippen molar-refractivity contribution in [1.29, 1.82) is 0 Å². The molecule has 0 spiro atoms. The van der Waals surface area contributed by atoms with Gasteiger partial charge in [0, 0.05) is 37.0 Å². The molecule has 5 aromatic carbocycles. The molecule has 6 aromatic rings. The van der Waals surface area contributed by atoms with Crippen LogP contribution in [0.1, 0.15) is 25.5 Å². The fraction of sp³-hybridized carbons (Fsp3) is 0.114. The number of hydrogen-bond acceptors (Lipinski definition) is 3. The Morgan fingerprint density at radius 1 is 0.615 bits per heavy atom. The third-order valence-corrected chi connectivity index (χ3v) is 7.58. The van der Waals surface area contributed by atoms with Crippen LogP contribution in [0.3, 0.4) is 0 Å². The minimum Gasteiger partial charge on any atom is -0.477 e. The van der Waals surface area contributed by atoms with Gasteiger partial charge in [-0.15, -0.1) is 4.57 Å². The standard InChI is InChI=1S/C35H29N2O2/c1-35(2)33(38-31-19-11-9-17-29(31)34-37(35)30-18-10-12-20-32(30)39-34)25-21-23-28(24-22-25)36(26-13-5-3-6-14-26)27-15-7-4-8-16-27/h3-24,33H,1-2H3/q+1. The average molecular weight is 510 g/mol. The molecule has 0 saturated heterocycles. The molecule has 190 valence electrons. The second kappa shape index (κ2) is 9.17. The Morgan fingerprint density at radius 2 is 1.18 bits per heavy atom. The number of oxazole rings is 1. The van der Waals surface area contributed by atoms with Gasteiger partial charge in [0.2, 0.25) is 11.1 Å². The maximum Gasteiger partial charge on any atom is 0.386 e. The molecule has 0 fully saturated rings. The van der Waals surface area contributed by atoms with Crippen molar-refractivity contribution in [3.63, 3.8) is 0 Å². The SMILES string of the molecule is CC1(C)C(c2ccc(N(c3ccccc3)c3ccccc3)cc2)Oc2ccccc2-c2oc3ccccc3[n+]21. The Morgan fingerprint density at radius 3 is 1.87 bits per heavy atom. The molecule has 2 heterocycles. The molecule has 1 aliphatic heterocycles. The largest absolute Gasteiger partial charge is 0.477 e. The maximum atomic E-state index is 6.82. The van der Waals surface area contributed by atoms with Crippen LogP contribution in [0.15, 0.2) is 138 Å². The first kappa shape index (κ1) is 23.3. The van der Waals surface area contributed by atoms with Gasteiger partial charge in [-0.3, -0.25) is 0 Å². The van der Waals surface area contributed by atoms with Crippen LogP contribution in [0, 0.1) is 0 Å². The second-order valence-corrected chi connectivity index (χ2v) is 10.5. The molecular formula is C35H29N2O2+. The smallest absolute Gasteiger partial charge is 0.386 e. The van der Waals surface area contributed by atoms with Gasteiger partial charge in [0.05, 0.1) is 0 Å². The topological polar surface area (TPSA) is 29.5 Å². The van der Waals surface area contributed by atoms with Crippen molar-refractivity contribution >= 4 is 28.2 Å². The summed E-state index contributed by atoms with van der Waals surface area (Å²) in [6.45, 7) is 4.45. The maximum absolute atomic E-state index is 6.82. The van der Waals surface area contributed by atoms with Gasteiger partial charge in [-0.25, -0.2) is 0 Å². The van der Waals surface area contributed by atoms with E-state index in [2.05, 4.69) is 114 Å². The van der Waals surface area contributed by atoms with E-state index < -0.39 is 5.54 Å². The van der Waals surface area contributed by atoms with E-state index in [1.165, 1.54) is 0 Å². The number of rotatable bonds is 4. The normalized spacial score (nSPS) is 15.6. The predicted octanol–water partition coefficient (Wildman–Crippen LogP) is 8.73. The van der Waals surface area contributed by atoms with Gasteiger partial charge in [-0.1, -0.05) is 72.8 Å². The number of aromatic nitrogens is 1. The molecule has 1 unspecified atom stereocenters. The third-order valence-electron chi connectivity index (χ3n) is 7.58. The first-order chi connectivity index (χ1) is 19.1.